The van der Waals surface area contributed by atoms with Gasteiger partial charge in [-0.05, 0) is 6.08 Å². The van der Waals surface area contributed by atoms with Crippen molar-refractivity contribution in [2.75, 3.05) is 21.3 Å². The summed E-state index contributed by atoms with van der Waals surface area (Å²) >= 11 is 0. The molecule has 6 nitrogen and oxygen atoms in total. The number of esters is 1. The second kappa shape index (κ2) is 8.87. The molecule has 0 heterocycles. The van der Waals surface area contributed by atoms with Crippen molar-refractivity contribution >= 4 is 11.9 Å². The Labute approximate surface area is 95.2 Å². The van der Waals surface area contributed by atoms with E-state index < -0.39 is 17.6 Å². The topological polar surface area (TPSA) is 84.9 Å². The van der Waals surface area contributed by atoms with Crippen LogP contribution in [0.5, 0.6) is 0 Å². The molecule has 0 aliphatic heterocycles. The summed E-state index contributed by atoms with van der Waals surface area (Å²) < 4.78 is 8.56. The number of carbonyl (C=O) groups is 2. The molecular formula is C10H19NO5. The average molecular weight is 233 g/mol. The van der Waals surface area contributed by atoms with Crippen molar-refractivity contribution in [2.45, 2.75) is 19.1 Å². The van der Waals surface area contributed by atoms with E-state index in [-0.39, 0.29) is 6.42 Å². The molecule has 0 saturated carbocycles. The first kappa shape index (κ1) is 17.0. The summed E-state index contributed by atoms with van der Waals surface area (Å²) in [7, 11) is 4.38. The number of amides is 1. The number of aliphatic hydroxyl groups is 1. The van der Waals surface area contributed by atoms with E-state index in [9.17, 15) is 14.7 Å². The Hall–Kier alpha value is -1.40. The van der Waals surface area contributed by atoms with Gasteiger partial charge >= 0.3 is 5.97 Å². The Morgan fingerprint density at radius 2 is 1.88 bits per heavy atom. The van der Waals surface area contributed by atoms with Crippen molar-refractivity contribution in [3.05, 3.63) is 12.7 Å². The lowest BCUT2D eigenvalue weighted by atomic mass is 10.1. The van der Waals surface area contributed by atoms with E-state index >= 15 is 0 Å². The predicted octanol–water partition coefficient (Wildman–Crippen LogP) is -0.177. The zero-order valence-electron chi connectivity index (χ0n) is 10.1. The third-order valence-corrected chi connectivity index (χ3v) is 1.55. The summed E-state index contributed by atoms with van der Waals surface area (Å²) in [6, 6.07) is 0. The van der Waals surface area contributed by atoms with Gasteiger partial charge in [-0.1, -0.05) is 13.5 Å². The van der Waals surface area contributed by atoms with Crippen LogP contribution in [0, 0.1) is 0 Å². The van der Waals surface area contributed by atoms with E-state index in [0.717, 1.165) is 13.2 Å². The van der Waals surface area contributed by atoms with Crippen molar-refractivity contribution in [1.82, 2.24) is 5.32 Å². The number of ether oxygens (including phenoxy) is 2. The van der Waals surface area contributed by atoms with Crippen molar-refractivity contribution in [1.29, 1.82) is 0 Å². The van der Waals surface area contributed by atoms with Gasteiger partial charge in [0.1, 0.15) is 0 Å². The summed E-state index contributed by atoms with van der Waals surface area (Å²) in [5.74, 6) is -1.53. The van der Waals surface area contributed by atoms with Crippen LogP contribution in [-0.2, 0) is 19.1 Å². The smallest absolute Gasteiger partial charge is 0.359 e. The summed E-state index contributed by atoms with van der Waals surface area (Å²) in [6.45, 7) is 4.73. The third kappa shape index (κ3) is 6.15. The molecule has 0 fully saturated rings. The zero-order chi connectivity index (χ0) is 13.2. The first-order valence-electron chi connectivity index (χ1n) is 4.57. The van der Waals surface area contributed by atoms with E-state index in [1.165, 1.54) is 0 Å². The summed E-state index contributed by atoms with van der Waals surface area (Å²) in [4.78, 5) is 21.8. The fourth-order valence-corrected chi connectivity index (χ4v) is 0.707. The van der Waals surface area contributed by atoms with Crippen LogP contribution in [-0.4, -0.2) is 44.0 Å². The van der Waals surface area contributed by atoms with E-state index in [4.69, 9.17) is 0 Å². The Kier molecular flexibility index (Phi) is 9.43. The molecule has 0 aromatic rings. The highest BCUT2D eigenvalue weighted by molar-refractivity contribution is 5.92. The molecular weight excluding hydrogens is 214 g/mol. The van der Waals surface area contributed by atoms with Gasteiger partial charge < -0.3 is 19.9 Å². The van der Waals surface area contributed by atoms with Crippen LogP contribution in [0.3, 0.4) is 0 Å². The van der Waals surface area contributed by atoms with Gasteiger partial charge in [0, 0.05) is 20.6 Å². The first-order valence-corrected chi connectivity index (χ1v) is 4.57. The van der Waals surface area contributed by atoms with Crippen molar-refractivity contribution in [2.24, 2.45) is 0 Å². The Balaban J connectivity index is 0. The van der Waals surface area contributed by atoms with Gasteiger partial charge in [0.05, 0.1) is 7.11 Å². The largest absolute Gasteiger partial charge is 0.465 e. The van der Waals surface area contributed by atoms with Gasteiger partial charge in [-0.2, -0.15) is 0 Å². The summed E-state index contributed by atoms with van der Waals surface area (Å²) in [5.41, 5.74) is -1.96. The third-order valence-electron chi connectivity index (χ3n) is 1.55. The van der Waals surface area contributed by atoms with E-state index in [2.05, 4.69) is 21.4 Å². The Morgan fingerprint density at radius 1 is 1.44 bits per heavy atom. The van der Waals surface area contributed by atoms with Crippen LogP contribution < -0.4 is 5.32 Å². The Bertz CT molecular complexity index is 241. The molecule has 0 spiro atoms. The molecule has 0 aliphatic rings. The molecule has 0 radical (unpaired) electrons. The standard InChI is InChI=1S/C8H13NO4.C2H6O/c1-4-6(10)9-8(12,5-2)7(11)13-3;1-3-2/h4,12H,1,5H2,2-3H3,(H,9,10);1-2H3. The zero-order valence-corrected chi connectivity index (χ0v) is 10.1. The normalized spacial score (nSPS) is 12.6. The molecule has 1 amide bonds. The minimum absolute atomic E-state index is 0.0270. The number of carbonyl (C=O) groups excluding carboxylic acids is 2. The second-order valence-corrected chi connectivity index (χ2v) is 2.81. The lowest BCUT2D eigenvalue weighted by Crippen LogP contribution is -2.54. The second-order valence-electron chi connectivity index (χ2n) is 2.81. The van der Waals surface area contributed by atoms with Crippen LogP contribution >= 0.6 is 0 Å². The number of hydrogen-bond acceptors (Lipinski definition) is 5. The SMILES string of the molecule is C=CC(=O)NC(O)(CC)C(=O)OC.COC. The molecule has 0 aliphatic carbocycles. The summed E-state index contributed by atoms with van der Waals surface area (Å²) in [6.07, 6.45) is 0.989. The van der Waals surface area contributed by atoms with Gasteiger partial charge in [0.15, 0.2) is 0 Å². The molecule has 2 N–H and O–H groups in total. The van der Waals surface area contributed by atoms with E-state index in [1.54, 1.807) is 21.1 Å². The van der Waals surface area contributed by atoms with Crippen molar-refractivity contribution < 1.29 is 24.2 Å². The van der Waals surface area contributed by atoms with Crippen LogP contribution in [0.2, 0.25) is 0 Å². The highest BCUT2D eigenvalue weighted by Gasteiger charge is 2.36. The van der Waals surface area contributed by atoms with Gasteiger partial charge in [0.25, 0.3) is 0 Å². The van der Waals surface area contributed by atoms with Gasteiger partial charge in [-0.3, -0.25) is 4.79 Å². The number of hydrogen-bond donors (Lipinski definition) is 2. The lowest BCUT2D eigenvalue weighted by Gasteiger charge is -2.23. The molecule has 0 rings (SSSR count). The van der Waals surface area contributed by atoms with Gasteiger partial charge in [0.2, 0.25) is 11.6 Å². The first-order chi connectivity index (χ1) is 7.41. The maximum absolute atomic E-state index is 11.0. The van der Waals surface area contributed by atoms with Gasteiger partial charge in [-0.15, -0.1) is 0 Å². The highest BCUT2D eigenvalue weighted by Crippen LogP contribution is 2.07. The molecule has 0 bridgehead atoms. The molecule has 6 heteroatoms. The molecule has 94 valence electrons. The summed E-state index contributed by atoms with van der Waals surface area (Å²) in [5, 5.41) is 11.6. The van der Waals surface area contributed by atoms with Crippen LogP contribution in [0.15, 0.2) is 12.7 Å². The van der Waals surface area contributed by atoms with Crippen LogP contribution in [0.4, 0.5) is 0 Å². The molecule has 0 aromatic heterocycles. The predicted molar refractivity (Wildman–Crippen MR) is 58.5 cm³/mol. The molecule has 1 unspecified atom stereocenters. The number of methoxy groups -OCH3 is 2. The Morgan fingerprint density at radius 3 is 2.12 bits per heavy atom. The minimum Gasteiger partial charge on any atom is -0.465 e. The van der Waals surface area contributed by atoms with Crippen LogP contribution in [0.25, 0.3) is 0 Å². The maximum Gasteiger partial charge on any atom is 0.359 e. The van der Waals surface area contributed by atoms with Gasteiger partial charge in [-0.25, -0.2) is 4.79 Å². The highest BCUT2D eigenvalue weighted by atomic mass is 16.5. The number of nitrogens with one attached hydrogen (secondary N) is 1. The molecule has 0 aromatic carbocycles. The molecule has 1 atom stereocenters. The van der Waals surface area contributed by atoms with Crippen molar-refractivity contribution in [3.8, 4) is 0 Å². The van der Waals surface area contributed by atoms with Crippen molar-refractivity contribution in [3.63, 3.8) is 0 Å². The quantitative estimate of drug-likeness (QED) is 0.400. The molecule has 0 saturated heterocycles. The fourth-order valence-electron chi connectivity index (χ4n) is 0.707. The number of rotatable bonds is 4. The lowest BCUT2D eigenvalue weighted by molar-refractivity contribution is -0.168. The van der Waals surface area contributed by atoms with E-state index in [0.29, 0.717) is 0 Å². The minimum atomic E-state index is -1.96. The fraction of sp³-hybridized carbons (Fsp3) is 0.600. The van der Waals surface area contributed by atoms with Crippen LogP contribution in [0.1, 0.15) is 13.3 Å². The average Bonchev–Trinajstić information content (AvgIpc) is 2.28. The maximum atomic E-state index is 11.0. The monoisotopic (exact) mass is 233 g/mol. The molecule has 16 heavy (non-hydrogen) atoms. The van der Waals surface area contributed by atoms with E-state index in [1.807, 2.05) is 0 Å².